The van der Waals surface area contributed by atoms with Crippen LogP contribution >= 0.6 is 0 Å². The minimum absolute atomic E-state index is 0.114. The second kappa shape index (κ2) is 19.9. The lowest BCUT2D eigenvalue weighted by atomic mass is 9.70. The molecule has 4 aliphatic rings. The Morgan fingerprint density at radius 2 is 0.756 bits per heavy atom. The number of rotatable bonds is 11. The van der Waals surface area contributed by atoms with Crippen LogP contribution in [0.5, 0.6) is 0 Å². The minimum Gasteiger partial charge on any atom is -0.310 e. The van der Waals surface area contributed by atoms with Gasteiger partial charge in [0.05, 0.1) is 16.8 Å². The second-order valence-electron chi connectivity index (χ2n) is 24.5. The Morgan fingerprint density at radius 3 is 1.28 bits per heavy atom. The molecule has 0 radical (unpaired) electrons. The molecular formula is C80H68N2. The van der Waals surface area contributed by atoms with Gasteiger partial charge in [0.15, 0.2) is 0 Å². The van der Waals surface area contributed by atoms with Crippen molar-refractivity contribution in [2.45, 2.75) is 70.6 Å². The number of benzene rings is 11. The number of anilines is 6. The minimum atomic E-state index is -0.672. The molecule has 0 aliphatic heterocycles. The maximum atomic E-state index is 2.60. The lowest BCUT2D eigenvalue weighted by molar-refractivity contribution is 0.201. The normalized spacial score (nSPS) is 18.5. The molecule has 0 aromatic heterocycles. The van der Waals surface area contributed by atoms with Crippen LogP contribution in [0.3, 0.4) is 0 Å². The predicted molar refractivity (Wildman–Crippen MR) is 345 cm³/mol. The summed E-state index contributed by atoms with van der Waals surface area (Å²) in [5.74, 6) is 2.36. The smallest absolute Gasteiger partial charge is 0.0727 e. The molecule has 4 aliphatic carbocycles. The summed E-state index contributed by atoms with van der Waals surface area (Å²) in [7, 11) is 0. The van der Waals surface area contributed by atoms with Gasteiger partial charge in [-0.3, -0.25) is 0 Å². The fraction of sp³-hybridized carbons (Fsp3) is 0.175. The average Bonchev–Trinajstić information content (AvgIpc) is 3.78. The molecule has 1 fully saturated rings. The molecule has 2 heteroatoms. The summed E-state index contributed by atoms with van der Waals surface area (Å²) in [4.78, 5) is 5.04. The summed E-state index contributed by atoms with van der Waals surface area (Å²) in [6.45, 7) is 9.60. The van der Waals surface area contributed by atoms with Crippen molar-refractivity contribution in [3.8, 4) is 55.6 Å². The van der Waals surface area contributed by atoms with Gasteiger partial charge < -0.3 is 9.80 Å². The van der Waals surface area contributed by atoms with Crippen LogP contribution < -0.4 is 9.80 Å². The van der Waals surface area contributed by atoms with Gasteiger partial charge in [0, 0.05) is 39.3 Å². The van der Waals surface area contributed by atoms with E-state index < -0.39 is 5.41 Å². The zero-order chi connectivity index (χ0) is 55.1. The summed E-state index contributed by atoms with van der Waals surface area (Å²) >= 11 is 0. The zero-order valence-electron chi connectivity index (χ0n) is 47.5. The number of hydrogen-bond acceptors (Lipinski definition) is 2. The molecule has 4 unspecified atom stereocenters. The molecule has 82 heavy (non-hydrogen) atoms. The van der Waals surface area contributed by atoms with Gasteiger partial charge in [0.2, 0.25) is 0 Å². The monoisotopic (exact) mass is 1060 g/mol. The molecule has 0 N–H and O–H groups in total. The molecule has 1 saturated carbocycles. The van der Waals surface area contributed by atoms with E-state index in [0.29, 0.717) is 0 Å². The van der Waals surface area contributed by atoms with Crippen molar-refractivity contribution in [3.05, 3.63) is 300 Å². The van der Waals surface area contributed by atoms with Gasteiger partial charge in [-0.1, -0.05) is 222 Å². The van der Waals surface area contributed by atoms with E-state index in [-0.39, 0.29) is 5.41 Å². The van der Waals surface area contributed by atoms with Crippen LogP contribution in [0, 0.1) is 17.8 Å². The molecular weight excluding hydrogens is 989 g/mol. The van der Waals surface area contributed by atoms with E-state index in [1.165, 1.54) is 120 Å². The van der Waals surface area contributed by atoms with E-state index in [1.807, 2.05) is 0 Å². The third-order valence-electron chi connectivity index (χ3n) is 19.3. The largest absolute Gasteiger partial charge is 0.310 e. The highest BCUT2D eigenvalue weighted by Crippen LogP contribution is 2.66. The molecule has 15 rings (SSSR count). The first-order valence-corrected chi connectivity index (χ1v) is 30.0. The van der Waals surface area contributed by atoms with E-state index in [9.17, 15) is 0 Å². The van der Waals surface area contributed by atoms with Crippen LogP contribution in [0.1, 0.15) is 92.3 Å². The third-order valence-corrected chi connectivity index (χ3v) is 19.3. The fourth-order valence-electron chi connectivity index (χ4n) is 15.6. The lowest BCUT2D eigenvalue weighted by Crippen LogP contribution is -2.27. The van der Waals surface area contributed by atoms with E-state index in [0.717, 1.165) is 58.3 Å². The highest BCUT2D eigenvalue weighted by Gasteiger charge is 2.53. The van der Waals surface area contributed by atoms with Crippen LogP contribution in [0.4, 0.5) is 34.1 Å². The number of para-hydroxylation sites is 3. The van der Waals surface area contributed by atoms with Crippen molar-refractivity contribution < 1.29 is 0 Å². The van der Waals surface area contributed by atoms with Crippen molar-refractivity contribution in [1.82, 2.24) is 0 Å². The molecule has 0 bridgehead atoms. The Hall–Kier alpha value is -8.98. The standard InChI is InChI=1S/C80H68N2/c1-5-54-44-53(2)45-56(46-54)47-55-38-40-58(41-39-55)67-50-70-65-34-20-23-37-74(65)80(75(70)51-77(67)81(59-26-12-7-13-27-59)60-28-14-8-15-29-60)73-36-22-19-33-64(73)69-49-66(57-24-10-6-11-25-57)78(52-76(69)80)82(61-30-16-9-17-31-61)62-42-43-72-68(48-62)63-32-18-21-35-71(63)79(72,3)4/h6-43,48-54,56H,5,44-47H2,1-4H3. The Labute approximate surface area is 485 Å². The van der Waals surface area contributed by atoms with Gasteiger partial charge in [-0.05, 0) is 200 Å². The molecule has 2 nitrogen and oxygen atoms in total. The Balaban J connectivity index is 0.995. The van der Waals surface area contributed by atoms with E-state index in [1.54, 1.807) is 0 Å². The second-order valence-corrected chi connectivity index (χ2v) is 24.5. The van der Waals surface area contributed by atoms with Crippen LogP contribution in [0.25, 0.3) is 55.6 Å². The van der Waals surface area contributed by atoms with Gasteiger partial charge in [0.25, 0.3) is 0 Å². The summed E-state index contributed by atoms with van der Waals surface area (Å²) in [5.41, 5.74) is 27.9. The Bertz CT molecular complexity index is 4160. The molecule has 398 valence electrons. The maximum Gasteiger partial charge on any atom is 0.0727 e. The summed E-state index contributed by atoms with van der Waals surface area (Å²) in [6.07, 6.45) is 6.47. The Kier molecular flexibility index (Phi) is 12.2. The van der Waals surface area contributed by atoms with Crippen LogP contribution in [-0.4, -0.2) is 0 Å². The van der Waals surface area contributed by atoms with E-state index >= 15 is 0 Å². The van der Waals surface area contributed by atoms with E-state index in [2.05, 4.69) is 298 Å². The SMILES string of the molecule is CCC1CC(C)CC(Cc2ccc(-c3cc4c(cc3N(c3ccccc3)c3ccccc3)C3(c5ccccc5-4)c4ccccc4-c4cc(-c5ccccc5)c(N(c5ccccc5)c5ccc6c(c5)-c5ccccc5C6(C)C)cc43)cc2)C1. The lowest BCUT2D eigenvalue weighted by Gasteiger charge is -2.35. The number of hydrogen-bond donors (Lipinski definition) is 0. The van der Waals surface area contributed by atoms with Crippen molar-refractivity contribution in [1.29, 1.82) is 0 Å². The highest BCUT2D eigenvalue weighted by molar-refractivity contribution is 6.03. The van der Waals surface area contributed by atoms with Gasteiger partial charge in [-0.15, -0.1) is 0 Å². The number of nitrogens with zero attached hydrogens (tertiary/aromatic N) is 2. The van der Waals surface area contributed by atoms with Crippen LogP contribution in [0.15, 0.2) is 261 Å². The van der Waals surface area contributed by atoms with Crippen molar-refractivity contribution in [2.75, 3.05) is 9.80 Å². The first kappa shape index (κ1) is 50.0. The topological polar surface area (TPSA) is 6.48 Å². The van der Waals surface area contributed by atoms with Gasteiger partial charge in [0.1, 0.15) is 0 Å². The maximum absolute atomic E-state index is 2.60. The summed E-state index contributed by atoms with van der Waals surface area (Å²) in [6, 6.07) is 99.0. The first-order valence-electron chi connectivity index (χ1n) is 30.0. The van der Waals surface area contributed by atoms with Crippen molar-refractivity contribution in [2.24, 2.45) is 17.8 Å². The highest BCUT2D eigenvalue weighted by atomic mass is 15.2. The fourth-order valence-corrected chi connectivity index (χ4v) is 15.6. The van der Waals surface area contributed by atoms with Crippen molar-refractivity contribution >= 4 is 34.1 Å². The summed E-state index contributed by atoms with van der Waals surface area (Å²) < 4.78 is 0. The molecule has 0 amide bonds. The number of fused-ring (bicyclic) bond motifs is 13. The van der Waals surface area contributed by atoms with E-state index in [4.69, 9.17) is 0 Å². The van der Waals surface area contributed by atoms with Gasteiger partial charge >= 0.3 is 0 Å². The van der Waals surface area contributed by atoms with Gasteiger partial charge in [-0.25, -0.2) is 0 Å². The predicted octanol–water partition coefficient (Wildman–Crippen LogP) is 21.6. The van der Waals surface area contributed by atoms with Crippen LogP contribution in [0.2, 0.25) is 0 Å². The Morgan fingerprint density at radius 1 is 0.341 bits per heavy atom. The van der Waals surface area contributed by atoms with Gasteiger partial charge in [-0.2, -0.15) is 0 Å². The molecule has 11 aromatic carbocycles. The average molecular weight is 1060 g/mol. The molecule has 0 heterocycles. The molecule has 1 spiro atoms. The van der Waals surface area contributed by atoms with Crippen LogP contribution in [-0.2, 0) is 17.3 Å². The first-order chi connectivity index (χ1) is 40.3. The quantitative estimate of drug-likeness (QED) is 0.127. The summed E-state index contributed by atoms with van der Waals surface area (Å²) in [5, 5.41) is 0. The third kappa shape index (κ3) is 7.97. The molecule has 0 saturated heterocycles. The molecule has 4 atom stereocenters. The molecule has 11 aromatic rings. The van der Waals surface area contributed by atoms with Crippen molar-refractivity contribution in [3.63, 3.8) is 0 Å². The zero-order valence-corrected chi connectivity index (χ0v) is 47.5.